The zero-order valence-electron chi connectivity index (χ0n) is 9.86. The molecule has 0 saturated heterocycles. The van der Waals surface area contributed by atoms with Crippen LogP contribution < -0.4 is 5.46 Å². The van der Waals surface area contributed by atoms with E-state index in [2.05, 4.69) is 83.4 Å². The maximum Gasteiger partial charge on any atom is 0.154 e. The molecule has 0 radical (unpaired) electrons. The number of halogens is 1. The maximum atomic E-state index is 3.43. The normalized spacial score (nSPS) is 10.7. The van der Waals surface area contributed by atoms with Gasteiger partial charge in [-0.2, -0.15) is 0 Å². The molecule has 0 bridgehead atoms. The van der Waals surface area contributed by atoms with Crippen LogP contribution in [0.4, 0.5) is 0 Å². The standard InChI is InChI=1S/C15H14BBr/c1-16-14-8-4-12(5-9-14)2-3-13-6-10-15(17)11-7-13/h2-11,16H,1H3/b3-2+. The van der Waals surface area contributed by atoms with Gasteiger partial charge in [0.25, 0.3) is 0 Å². The van der Waals surface area contributed by atoms with Crippen molar-refractivity contribution >= 4 is 40.8 Å². The second kappa shape index (κ2) is 5.88. The molecule has 0 amide bonds. The number of hydrogen-bond acceptors (Lipinski definition) is 0. The Balaban J connectivity index is 2.11. The molecule has 84 valence electrons. The Kier molecular flexibility index (Phi) is 4.21. The van der Waals surface area contributed by atoms with Crippen molar-refractivity contribution in [1.29, 1.82) is 0 Å². The molecular formula is C15H14BBr. The molecule has 0 fully saturated rings. The largest absolute Gasteiger partial charge is 0.154 e. The lowest BCUT2D eigenvalue weighted by Gasteiger charge is -1.97. The molecule has 0 atom stereocenters. The lowest BCUT2D eigenvalue weighted by atomic mass is 9.73. The summed E-state index contributed by atoms with van der Waals surface area (Å²) >= 11 is 3.43. The van der Waals surface area contributed by atoms with Gasteiger partial charge in [-0.1, -0.05) is 76.8 Å². The number of benzene rings is 2. The Morgan fingerprint density at radius 2 is 1.29 bits per heavy atom. The lowest BCUT2D eigenvalue weighted by Crippen LogP contribution is -2.08. The minimum Gasteiger partial charge on any atom is -0.0849 e. The Labute approximate surface area is 112 Å². The van der Waals surface area contributed by atoms with E-state index in [1.54, 1.807) is 0 Å². The van der Waals surface area contributed by atoms with Gasteiger partial charge in [0.05, 0.1) is 0 Å². The van der Waals surface area contributed by atoms with Crippen molar-refractivity contribution < 1.29 is 0 Å². The Morgan fingerprint density at radius 1 is 0.824 bits per heavy atom. The average molecular weight is 285 g/mol. The molecule has 0 aliphatic carbocycles. The molecule has 0 aliphatic heterocycles. The minimum absolute atomic E-state index is 1.09. The average Bonchev–Trinajstić information content (AvgIpc) is 2.39. The van der Waals surface area contributed by atoms with E-state index in [9.17, 15) is 0 Å². The van der Waals surface area contributed by atoms with E-state index in [1.165, 1.54) is 16.6 Å². The van der Waals surface area contributed by atoms with Crippen molar-refractivity contribution in [3.8, 4) is 0 Å². The zero-order chi connectivity index (χ0) is 12.1. The molecule has 0 N–H and O–H groups in total. The van der Waals surface area contributed by atoms with Crippen molar-refractivity contribution in [3.63, 3.8) is 0 Å². The molecule has 0 aromatic heterocycles. The summed E-state index contributed by atoms with van der Waals surface area (Å²) in [6.07, 6.45) is 4.27. The van der Waals surface area contributed by atoms with Crippen LogP contribution in [0.3, 0.4) is 0 Å². The Bertz CT molecular complexity index is 497. The van der Waals surface area contributed by atoms with Gasteiger partial charge in [-0.25, -0.2) is 0 Å². The van der Waals surface area contributed by atoms with Crippen LogP contribution >= 0.6 is 15.9 Å². The second-order valence-electron chi connectivity index (χ2n) is 3.98. The highest BCUT2D eigenvalue weighted by Crippen LogP contribution is 2.12. The molecule has 0 saturated carbocycles. The lowest BCUT2D eigenvalue weighted by molar-refractivity contribution is 1.61. The van der Waals surface area contributed by atoms with Crippen LogP contribution in [-0.2, 0) is 0 Å². The molecule has 0 aliphatic rings. The van der Waals surface area contributed by atoms with Crippen molar-refractivity contribution in [2.24, 2.45) is 0 Å². The van der Waals surface area contributed by atoms with Crippen LogP contribution in [0.25, 0.3) is 12.2 Å². The predicted molar refractivity (Wildman–Crippen MR) is 82.2 cm³/mol. The molecule has 0 spiro atoms. The first-order valence-corrected chi connectivity index (χ1v) is 6.60. The fourth-order valence-corrected chi connectivity index (χ4v) is 1.90. The van der Waals surface area contributed by atoms with E-state index in [1.807, 2.05) is 0 Å². The first-order valence-electron chi connectivity index (χ1n) is 5.80. The summed E-state index contributed by atoms with van der Waals surface area (Å²) in [5.41, 5.74) is 3.84. The molecular weight excluding hydrogens is 271 g/mol. The van der Waals surface area contributed by atoms with Crippen LogP contribution in [-0.4, -0.2) is 7.28 Å². The fraction of sp³-hybridized carbons (Fsp3) is 0.0667. The summed E-state index contributed by atoms with van der Waals surface area (Å²) in [5.74, 6) is 0. The highest BCUT2D eigenvalue weighted by molar-refractivity contribution is 9.10. The quantitative estimate of drug-likeness (QED) is 0.595. The van der Waals surface area contributed by atoms with Crippen molar-refractivity contribution in [1.82, 2.24) is 0 Å². The highest BCUT2D eigenvalue weighted by atomic mass is 79.9. The maximum absolute atomic E-state index is 3.43. The molecule has 17 heavy (non-hydrogen) atoms. The van der Waals surface area contributed by atoms with Gasteiger partial charge in [0.2, 0.25) is 0 Å². The summed E-state index contributed by atoms with van der Waals surface area (Å²) in [6, 6.07) is 17.0. The van der Waals surface area contributed by atoms with Gasteiger partial charge in [0, 0.05) is 4.47 Å². The van der Waals surface area contributed by atoms with Gasteiger partial charge in [-0.05, 0) is 23.3 Å². The van der Waals surface area contributed by atoms with E-state index in [0.717, 1.165) is 11.8 Å². The van der Waals surface area contributed by atoms with Gasteiger partial charge in [-0.15, -0.1) is 0 Å². The van der Waals surface area contributed by atoms with Gasteiger partial charge in [-0.3, -0.25) is 0 Å². The second-order valence-corrected chi connectivity index (χ2v) is 4.90. The number of hydrogen-bond donors (Lipinski definition) is 0. The van der Waals surface area contributed by atoms with Crippen molar-refractivity contribution in [2.45, 2.75) is 6.82 Å². The molecule has 2 aromatic rings. The van der Waals surface area contributed by atoms with Crippen LogP contribution in [0.2, 0.25) is 6.82 Å². The third-order valence-corrected chi connectivity index (χ3v) is 3.25. The van der Waals surface area contributed by atoms with Gasteiger partial charge < -0.3 is 0 Å². The van der Waals surface area contributed by atoms with Gasteiger partial charge in [0.15, 0.2) is 7.28 Å². The van der Waals surface area contributed by atoms with Crippen LogP contribution in [0.15, 0.2) is 53.0 Å². The molecule has 2 aromatic carbocycles. The van der Waals surface area contributed by atoms with Gasteiger partial charge in [0.1, 0.15) is 0 Å². The molecule has 0 unspecified atom stereocenters. The predicted octanol–water partition coefficient (Wildman–Crippen LogP) is 3.73. The topological polar surface area (TPSA) is 0 Å². The van der Waals surface area contributed by atoms with Crippen molar-refractivity contribution in [3.05, 3.63) is 64.1 Å². The summed E-state index contributed by atoms with van der Waals surface area (Å²) in [7, 11) is 1.09. The summed E-state index contributed by atoms with van der Waals surface area (Å²) in [4.78, 5) is 0. The van der Waals surface area contributed by atoms with E-state index in [4.69, 9.17) is 0 Å². The summed E-state index contributed by atoms with van der Waals surface area (Å²) in [5, 5.41) is 0. The van der Waals surface area contributed by atoms with Crippen LogP contribution in [0, 0.1) is 0 Å². The third-order valence-electron chi connectivity index (χ3n) is 2.73. The monoisotopic (exact) mass is 284 g/mol. The highest BCUT2D eigenvalue weighted by Gasteiger charge is 1.91. The minimum atomic E-state index is 1.09. The van der Waals surface area contributed by atoms with Crippen molar-refractivity contribution in [2.75, 3.05) is 0 Å². The fourth-order valence-electron chi connectivity index (χ4n) is 1.63. The van der Waals surface area contributed by atoms with E-state index in [0.29, 0.717) is 0 Å². The summed E-state index contributed by atoms with van der Waals surface area (Å²) < 4.78 is 1.11. The molecule has 0 heterocycles. The summed E-state index contributed by atoms with van der Waals surface area (Å²) in [6.45, 7) is 2.17. The third kappa shape index (κ3) is 3.60. The number of rotatable bonds is 3. The first-order chi connectivity index (χ1) is 8.28. The van der Waals surface area contributed by atoms with Crippen LogP contribution in [0.5, 0.6) is 0 Å². The first kappa shape index (κ1) is 12.2. The smallest absolute Gasteiger partial charge is 0.0849 e. The van der Waals surface area contributed by atoms with Gasteiger partial charge >= 0.3 is 0 Å². The van der Waals surface area contributed by atoms with E-state index in [-0.39, 0.29) is 0 Å². The molecule has 2 rings (SSSR count). The zero-order valence-corrected chi connectivity index (χ0v) is 11.4. The van der Waals surface area contributed by atoms with E-state index >= 15 is 0 Å². The Hall–Kier alpha value is -1.28. The molecule has 2 heteroatoms. The SMILES string of the molecule is CBc1ccc(/C=C/c2ccc(Br)cc2)cc1. The van der Waals surface area contributed by atoms with Crippen LogP contribution in [0.1, 0.15) is 11.1 Å². The Morgan fingerprint density at radius 3 is 1.76 bits per heavy atom. The van der Waals surface area contributed by atoms with E-state index < -0.39 is 0 Å². The molecule has 0 nitrogen and oxygen atoms in total.